The molecule has 3 aromatic carbocycles. The maximum Gasteiger partial charge on any atom is 0.225 e. The van der Waals surface area contributed by atoms with Crippen molar-refractivity contribution in [3.8, 4) is 28.3 Å². The Morgan fingerprint density at radius 3 is 2.31 bits per heavy atom. The van der Waals surface area contributed by atoms with Gasteiger partial charge in [-0.1, -0.05) is 42.5 Å². The van der Waals surface area contributed by atoms with Gasteiger partial charge >= 0.3 is 0 Å². The molecule has 4 aromatic rings. The van der Waals surface area contributed by atoms with Gasteiger partial charge in [0.15, 0.2) is 0 Å². The molecule has 2 heterocycles. The van der Waals surface area contributed by atoms with Gasteiger partial charge in [0.1, 0.15) is 11.6 Å². The van der Waals surface area contributed by atoms with E-state index < -0.39 is 0 Å². The summed E-state index contributed by atoms with van der Waals surface area (Å²) in [7, 11) is 1.69. The van der Waals surface area contributed by atoms with Crippen LogP contribution in [0.3, 0.4) is 0 Å². The predicted molar refractivity (Wildman–Crippen MR) is 139 cm³/mol. The third-order valence-corrected chi connectivity index (χ3v) is 7.44. The molecule has 0 N–H and O–H groups in total. The summed E-state index contributed by atoms with van der Waals surface area (Å²) in [6, 6.07) is 23.3. The number of imidazole rings is 1. The quantitative estimate of drug-likeness (QED) is 0.354. The van der Waals surface area contributed by atoms with E-state index in [1.54, 1.807) is 7.11 Å². The van der Waals surface area contributed by atoms with Crippen LogP contribution in [0.4, 0.5) is 0 Å². The molecule has 1 atom stereocenters. The molecule has 1 aliphatic heterocycles. The highest BCUT2D eigenvalue weighted by Gasteiger charge is 2.36. The zero-order valence-electron chi connectivity index (χ0n) is 20.4. The lowest BCUT2D eigenvalue weighted by Crippen LogP contribution is -2.30. The van der Waals surface area contributed by atoms with E-state index >= 15 is 0 Å². The number of benzene rings is 3. The number of rotatable bonds is 6. The molecule has 1 amide bonds. The van der Waals surface area contributed by atoms with Gasteiger partial charge in [-0.05, 0) is 73.1 Å². The van der Waals surface area contributed by atoms with E-state index in [-0.39, 0.29) is 0 Å². The molecule has 1 unspecified atom stereocenters. The second-order valence-electron chi connectivity index (χ2n) is 10.1. The number of carbonyl (C=O) groups is 1. The van der Waals surface area contributed by atoms with Crippen LogP contribution < -0.4 is 4.74 Å². The molecule has 1 aliphatic carbocycles. The Kier molecular flexibility index (Phi) is 5.56. The number of fused-ring (bicyclic) bond motifs is 1. The molecule has 178 valence electrons. The van der Waals surface area contributed by atoms with Gasteiger partial charge in [-0.3, -0.25) is 4.79 Å². The van der Waals surface area contributed by atoms with E-state index in [1.165, 1.54) is 16.6 Å². The lowest BCUT2D eigenvalue weighted by atomic mass is 10.0. The van der Waals surface area contributed by atoms with Crippen LogP contribution >= 0.6 is 0 Å². The van der Waals surface area contributed by atoms with Crippen molar-refractivity contribution in [2.75, 3.05) is 20.2 Å². The minimum Gasteiger partial charge on any atom is -0.497 e. The average Bonchev–Trinajstić information content (AvgIpc) is 3.55. The Labute approximate surface area is 206 Å². The van der Waals surface area contributed by atoms with Crippen molar-refractivity contribution >= 4 is 16.9 Å². The molecular weight excluding hydrogens is 434 g/mol. The lowest BCUT2D eigenvalue weighted by molar-refractivity contribution is -0.131. The second-order valence-corrected chi connectivity index (χ2v) is 10.1. The van der Waals surface area contributed by atoms with Gasteiger partial charge in [0.25, 0.3) is 0 Å². The predicted octanol–water partition coefficient (Wildman–Crippen LogP) is 5.95. The van der Waals surface area contributed by atoms with Crippen LogP contribution in [0.25, 0.3) is 33.5 Å². The van der Waals surface area contributed by atoms with Crippen LogP contribution in [-0.4, -0.2) is 40.6 Å². The minimum absolute atomic E-state index is 0.297. The van der Waals surface area contributed by atoms with E-state index in [0.29, 0.717) is 17.7 Å². The molecule has 1 saturated heterocycles. The number of ether oxygens (including phenoxy) is 1. The average molecular weight is 466 g/mol. The minimum atomic E-state index is 0.297. The highest BCUT2D eigenvalue weighted by Crippen LogP contribution is 2.34. The van der Waals surface area contributed by atoms with E-state index in [4.69, 9.17) is 9.72 Å². The third-order valence-electron chi connectivity index (χ3n) is 7.44. The highest BCUT2D eigenvalue weighted by molar-refractivity contribution is 5.82. The molecule has 35 heavy (non-hydrogen) atoms. The van der Waals surface area contributed by atoms with Crippen molar-refractivity contribution in [2.24, 2.45) is 11.8 Å². The molecule has 2 aliphatic rings. The first-order chi connectivity index (χ1) is 17.1. The fourth-order valence-corrected chi connectivity index (χ4v) is 5.26. The summed E-state index contributed by atoms with van der Waals surface area (Å²) < 4.78 is 7.66. The summed E-state index contributed by atoms with van der Waals surface area (Å²) in [6.45, 7) is 4.75. The van der Waals surface area contributed by atoms with Crippen molar-refractivity contribution < 1.29 is 9.53 Å². The summed E-state index contributed by atoms with van der Waals surface area (Å²) in [4.78, 5) is 19.7. The zero-order valence-corrected chi connectivity index (χ0v) is 20.4. The molecule has 5 heteroatoms. The fourth-order valence-electron chi connectivity index (χ4n) is 5.26. The Hall–Kier alpha value is -3.60. The SMILES string of the molecule is COc1ccc(-c2ccc(-c3nc4ccc(C)cc4n3CC3CCN(C(=O)C4CC4)C3)cc2)cc1. The number of methoxy groups -OCH3 is 1. The first-order valence-electron chi connectivity index (χ1n) is 12.6. The molecule has 0 bridgehead atoms. The Morgan fingerprint density at radius 1 is 0.943 bits per heavy atom. The first kappa shape index (κ1) is 21.9. The topological polar surface area (TPSA) is 47.4 Å². The van der Waals surface area contributed by atoms with Gasteiger partial charge in [0, 0.05) is 31.1 Å². The van der Waals surface area contributed by atoms with E-state index in [0.717, 1.165) is 67.1 Å². The Morgan fingerprint density at radius 2 is 1.63 bits per heavy atom. The van der Waals surface area contributed by atoms with Gasteiger partial charge in [-0.2, -0.15) is 0 Å². The lowest BCUT2D eigenvalue weighted by Gasteiger charge is -2.18. The molecule has 6 rings (SSSR count). The third kappa shape index (κ3) is 4.31. The monoisotopic (exact) mass is 465 g/mol. The Balaban J connectivity index is 1.30. The molecule has 1 aromatic heterocycles. The van der Waals surface area contributed by atoms with Crippen LogP contribution in [0.1, 0.15) is 24.8 Å². The van der Waals surface area contributed by atoms with Crippen LogP contribution in [0.2, 0.25) is 0 Å². The maximum atomic E-state index is 12.6. The van der Waals surface area contributed by atoms with Crippen molar-refractivity contribution in [3.05, 3.63) is 72.3 Å². The first-order valence-corrected chi connectivity index (χ1v) is 12.6. The van der Waals surface area contributed by atoms with Gasteiger partial charge in [0.05, 0.1) is 18.1 Å². The number of nitrogens with zero attached hydrogens (tertiary/aromatic N) is 3. The van der Waals surface area contributed by atoms with Crippen molar-refractivity contribution in [1.29, 1.82) is 0 Å². The number of hydrogen-bond donors (Lipinski definition) is 0. The molecule has 0 spiro atoms. The van der Waals surface area contributed by atoms with Crippen molar-refractivity contribution in [3.63, 3.8) is 0 Å². The van der Waals surface area contributed by atoms with E-state index in [9.17, 15) is 4.79 Å². The second kappa shape index (κ2) is 8.88. The number of aryl methyl sites for hydroxylation is 1. The Bertz CT molecular complexity index is 1370. The maximum absolute atomic E-state index is 12.6. The van der Waals surface area contributed by atoms with Gasteiger partial charge < -0.3 is 14.2 Å². The highest BCUT2D eigenvalue weighted by atomic mass is 16.5. The summed E-state index contributed by atoms with van der Waals surface area (Å²) in [5.41, 5.74) is 6.87. The van der Waals surface area contributed by atoms with Crippen molar-refractivity contribution in [2.45, 2.75) is 32.7 Å². The number of carbonyl (C=O) groups excluding carboxylic acids is 1. The van der Waals surface area contributed by atoms with Crippen LogP contribution in [0.15, 0.2) is 66.7 Å². The smallest absolute Gasteiger partial charge is 0.225 e. The summed E-state index contributed by atoms with van der Waals surface area (Å²) >= 11 is 0. The summed E-state index contributed by atoms with van der Waals surface area (Å²) in [5, 5.41) is 0. The van der Waals surface area contributed by atoms with Gasteiger partial charge in [-0.15, -0.1) is 0 Å². The summed E-state index contributed by atoms with van der Waals surface area (Å²) in [6.07, 6.45) is 3.20. The number of hydrogen-bond acceptors (Lipinski definition) is 3. The normalized spacial score (nSPS) is 17.8. The number of likely N-dealkylation sites (tertiary alicyclic amines) is 1. The van der Waals surface area contributed by atoms with Crippen LogP contribution in [-0.2, 0) is 11.3 Å². The fraction of sp³-hybridized carbons (Fsp3) is 0.333. The van der Waals surface area contributed by atoms with Gasteiger partial charge in [-0.25, -0.2) is 4.98 Å². The number of amides is 1. The molecule has 1 saturated carbocycles. The van der Waals surface area contributed by atoms with Crippen molar-refractivity contribution in [1.82, 2.24) is 14.5 Å². The molecule has 0 radical (unpaired) electrons. The molecular formula is C30H31N3O2. The largest absolute Gasteiger partial charge is 0.497 e. The van der Waals surface area contributed by atoms with Gasteiger partial charge in [0.2, 0.25) is 5.91 Å². The number of aromatic nitrogens is 2. The van der Waals surface area contributed by atoms with E-state index in [1.807, 2.05) is 12.1 Å². The standard InChI is InChI=1S/C30H31N3O2/c1-20-3-14-27-28(17-20)33(19-21-15-16-32(18-21)30(34)25-8-9-25)29(31-27)24-6-4-22(5-7-24)23-10-12-26(35-2)13-11-23/h3-7,10-14,17,21,25H,8-9,15-16,18-19H2,1-2H3. The zero-order chi connectivity index (χ0) is 23.9. The molecule has 2 fully saturated rings. The van der Waals surface area contributed by atoms with Crippen LogP contribution in [0.5, 0.6) is 5.75 Å². The summed E-state index contributed by atoms with van der Waals surface area (Å²) in [5.74, 6) is 2.98. The van der Waals surface area contributed by atoms with E-state index in [2.05, 4.69) is 71.0 Å². The molecule has 5 nitrogen and oxygen atoms in total. The van der Waals surface area contributed by atoms with Crippen LogP contribution in [0, 0.1) is 18.8 Å².